The molecule has 5 nitrogen and oxygen atoms in total. The van der Waals surface area contributed by atoms with Crippen molar-refractivity contribution in [3.63, 3.8) is 0 Å². The SMILES string of the molecule is Cc1occc1C(=O)N1NC(c2ccc(Cl)cc2)=C[C@]1(O)C(F)(F)F. The molecule has 9 heteroatoms. The van der Waals surface area contributed by atoms with Crippen LogP contribution in [0.15, 0.2) is 47.1 Å². The van der Waals surface area contributed by atoms with E-state index >= 15 is 0 Å². The fourth-order valence-electron chi connectivity index (χ4n) is 2.42. The number of hydrogen-bond acceptors (Lipinski definition) is 4. The molecular formula is C16H12ClF3N2O3. The van der Waals surface area contributed by atoms with Gasteiger partial charge in [-0.3, -0.25) is 10.2 Å². The molecule has 0 unspecified atom stereocenters. The van der Waals surface area contributed by atoms with Crippen molar-refractivity contribution < 1.29 is 27.5 Å². The molecule has 1 amide bonds. The highest BCUT2D eigenvalue weighted by Gasteiger charge is 2.62. The van der Waals surface area contributed by atoms with Crippen molar-refractivity contribution in [2.24, 2.45) is 0 Å². The van der Waals surface area contributed by atoms with E-state index in [1.54, 1.807) is 0 Å². The first-order chi connectivity index (χ1) is 11.6. The first kappa shape index (κ1) is 17.4. The van der Waals surface area contributed by atoms with Crippen LogP contribution in [-0.4, -0.2) is 27.9 Å². The average molecular weight is 373 g/mol. The van der Waals surface area contributed by atoms with Crippen molar-refractivity contribution in [3.05, 3.63) is 64.6 Å². The fraction of sp³-hybridized carbons (Fsp3) is 0.188. The Morgan fingerprint density at radius 2 is 1.92 bits per heavy atom. The number of halogens is 4. The number of furan rings is 1. The Balaban J connectivity index is 2.03. The van der Waals surface area contributed by atoms with Crippen molar-refractivity contribution in [2.75, 3.05) is 0 Å². The van der Waals surface area contributed by atoms with Gasteiger partial charge in [0.1, 0.15) is 5.76 Å². The van der Waals surface area contributed by atoms with E-state index in [0.29, 0.717) is 16.7 Å². The van der Waals surface area contributed by atoms with Gasteiger partial charge in [0.05, 0.1) is 17.5 Å². The van der Waals surface area contributed by atoms with Gasteiger partial charge in [0.15, 0.2) is 0 Å². The summed E-state index contributed by atoms with van der Waals surface area (Å²) in [5.41, 5.74) is -1.03. The summed E-state index contributed by atoms with van der Waals surface area (Å²) in [6.45, 7) is 1.43. The number of alkyl halides is 3. The van der Waals surface area contributed by atoms with Gasteiger partial charge in [-0.2, -0.15) is 13.2 Å². The van der Waals surface area contributed by atoms with Gasteiger partial charge in [0.25, 0.3) is 11.6 Å². The summed E-state index contributed by atoms with van der Waals surface area (Å²) in [4.78, 5) is 12.5. The molecule has 132 valence electrons. The number of aryl methyl sites for hydroxylation is 1. The molecule has 0 saturated heterocycles. The van der Waals surface area contributed by atoms with E-state index in [1.807, 2.05) is 0 Å². The van der Waals surface area contributed by atoms with Crippen LogP contribution in [0.5, 0.6) is 0 Å². The lowest BCUT2D eigenvalue weighted by molar-refractivity contribution is -0.283. The molecule has 0 fully saturated rings. The van der Waals surface area contributed by atoms with Gasteiger partial charge >= 0.3 is 6.18 Å². The van der Waals surface area contributed by atoms with Crippen molar-refractivity contribution in [1.29, 1.82) is 0 Å². The van der Waals surface area contributed by atoms with Crippen LogP contribution in [0.3, 0.4) is 0 Å². The number of hydrazine groups is 1. The van der Waals surface area contributed by atoms with Crippen molar-refractivity contribution in [1.82, 2.24) is 10.4 Å². The summed E-state index contributed by atoms with van der Waals surface area (Å²) in [5.74, 6) is -0.942. The molecule has 0 saturated carbocycles. The van der Waals surface area contributed by atoms with E-state index in [9.17, 15) is 23.1 Å². The van der Waals surface area contributed by atoms with Crippen LogP contribution in [0.25, 0.3) is 5.70 Å². The molecule has 1 aliphatic rings. The van der Waals surface area contributed by atoms with Crippen LogP contribution >= 0.6 is 11.6 Å². The van der Waals surface area contributed by atoms with Gasteiger partial charge in [0, 0.05) is 11.1 Å². The number of hydrogen-bond donors (Lipinski definition) is 2. The lowest BCUT2D eigenvalue weighted by Crippen LogP contribution is -2.60. The monoisotopic (exact) mass is 372 g/mol. The van der Waals surface area contributed by atoms with Gasteiger partial charge < -0.3 is 9.52 Å². The third-order valence-corrected chi connectivity index (χ3v) is 4.04. The number of nitrogens with one attached hydrogen (secondary N) is 1. The molecule has 2 N–H and O–H groups in total. The van der Waals surface area contributed by atoms with Gasteiger partial charge in [-0.05, 0) is 30.7 Å². The lowest BCUT2D eigenvalue weighted by atomic mass is 10.1. The average Bonchev–Trinajstić information content (AvgIpc) is 3.11. The summed E-state index contributed by atoms with van der Waals surface area (Å²) >= 11 is 5.77. The summed E-state index contributed by atoms with van der Waals surface area (Å²) in [7, 11) is 0. The molecule has 0 radical (unpaired) electrons. The zero-order valence-corrected chi connectivity index (χ0v) is 13.5. The number of carbonyl (C=O) groups is 1. The number of carbonyl (C=O) groups excluding carboxylic acids is 1. The van der Waals surface area contributed by atoms with Crippen LogP contribution < -0.4 is 5.43 Å². The number of amides is 1. The normalized spacial score (nSPS) is 20.4. The molecule has 2 heterocycles. The minimum Gasteiger partial charge on any atom is -0.469 e. The number of rotatable bonds is 2. The van der Waals surface area contributed by atoms with Gasteiger partial charge in [-0.15, -0.1) is 0 Å². The molecule has 1 atom stereocenters. The summed E-state index contributed by atoms with van der Waals surface area (Å²) in [5, 5.41) is 10.8. The van der Waals surface area contributed by atoms with Gasteiger partial charge in [-0.25, -0.2) is 5.01 Å². The van der Waals surface area contributed by atoms with E-state index < -0.39 is 17.8 Å². The molecular weight excluding hydrogens is 361 g/mol. The second kappa shape index (κ2) is 5.82. The Labute approximate surface area is 145 Å². The summed E-state index contributed by atoms with van der Waals surface area (Å²) in [6.07, 6.45) is -3.40. The van der Waals surface area contributed by atoms with Crippen LogP contribution in [-0.2, 0) is 0 Å². The van der Waals surface area contributed by atoms with Gasteiger partial charge in [0.2, 0.25) is 0 Å². The zero-order valence-electron chi connectivity index (χ0n) is 12.8. The van der Waals surface area contributed by atoms with E-state index in [2.05, 4.69) is 5.43 Å². The van der Waals surface area contributed by atoms with E-state index in [1.165, 1.54) is 43.5 Å². The maximum atomic E-state index is 13.5. The molecule has 0 aliphatic carbocycles. The third-order valence-electron chi connectivity index (χ3n) is 3.78. The zero-order chi connectivity index (χ0) is 18.4. The Morgan fingerprint density at radius 3 is 2.44 bits per heavy atom. The fourth-order valence-corrected chi connectivity index (χ4v) is 2.55. The highest BCUT2D eigenvalue weighted by atomic mass is 35.5. The van der Waals surface area contributed by atoms with Crippen LogP contribution in [0, 0.1) is 6.92 Å². The van der Waals surface area contributed by atoms with Crippen LogP contribution in [0.4, 0.5) is 13.2 Å². The lowest BCUT2D eigenvalue weighted by Gasteiger charge is -2.33. The molecule has 0 spiro atoms. The number of nitrogens with zero attached hydrogens (tertiary/aromatic N) is 1. The second-order valence-corrected chi connectivity index (χ2v) is 5.87. The van der Waals surface area contributed by atoms with Crippen LogP contribution in [0.1, 0.15) is 21.7 Å². The second-order valence-electron chi connectivity index (χ2n) is 5.43. The standard InChI is InChI=1S/C16H12ClF3N2O3/c1-9-12(6-7-25-9)14(23)22-15(24,16(18,19)20)8-13(21-22)10-2-4-11(17)5-3-10/h2-8,21,24H,1H3/t15-/m0/s1. The Hall–Kier alpha value is -2.45. The predicted octanol–water partition coefficient (Wildman–Crippen LogP) is 3.49. The topological polar surface area (TPSA) is 65.7 Å². The smallest absolute Gasteiger partial charge is 0.442 e. The molecule has 1 aliphatic heterocycles. The predicted molar refractivity (Wildman–Crippen MR) is 83.2 cm³/mol. The molecule has 1 aromatic heterocycles. The largest absolute Gasteiger partial charge is 0.469 e. The number of benzene rings is 1. The van der Waals surface area contributed by atoms with E-state index in [0.717, 1.165) is 0 Å². The Morgan fingerprint density at radius 1 is 1.28 bits per heavy atom. The van der Waals surface area contributed by atoms with Crippen molar-refractivity contribution in [2.45, 2.75) is 18.8 Å². The van der Waals surface area contributed by atoms with Crippen molar-refractivity contribution in [3.8, 4) is 0 Å². The first-order valence-electron chi connectivity index (χ1n) is 7.07. The van der Waals surface area contributed by atoms with E-state index in [4.69, 9.17) is 16.0 Å². The van der Waals surface area contributed by atoms with Crippen molar-refractivity contribution >= 4 is 23.2 Å². The quantitative estimate of drug-likeness (QED) is 0.847. The number of aliphatic hydroxyl groups is 1. The summed E-state index contributed by atoms with van der Waals surface area (Å²) in [6, 6.07) is 7.13. The molecule has 2 aromatic rings. The third kappa shape index (κ3) is 2.87. The highest BCUT2D eigenvalue weighted by Crippen LogP contribution is 2.40. The van der Waals surface area contributed by atoms with Gasteiger partial charge in [-0.1, -0.05) is 23.7 Å². The summed E-state index contributed by atoms with van der Waals surface area (Å²) < 4.78 is 45.4. The Bertz CT molecular complexity index is 845. The molecule has 25 heavy (non-hydrogen) atoms. The minimum absolute atomic E-state index is 0.0778. The Kier molecular flexibility index (Phi) is 4.04. The highest BCUT2D eigenvalue weighted by molar-refractivity contribution is 6.30. The minimum atomic E-state index is -5.12. The molecule has 3 rings (SSSR count). The maximum absolute atomic E-state index is 13.5. The first-order valence-corrected chi connectivity index (χ1v) is 7.44. The van der Waals surface area contributed by atoms with E-state index in [-0.39, 0.29) is 22.0 Å². The molecule has 0 bridgehead atoms. The molecule has 1 aromatic carbocycles. The maximum Gasteiger partial charge on any atom is 0.442 e. The van der Waals surface area contributed by atoms with Crippen LogP contribution in [0.2, 0.25) is 5.02 Å².